The minimum Gasteiger partial charge on any atom is -0.504 e. The van der Waals surface area contributed by atoms with Crippen molar-refractivity contribution in [1.29, 1.82) is 0 Å². The molecule has 0 saturated carbocycles. The number of amides is 1. The maximum atomic E-state index is 11.9. The fourth-order valence-corrected chi connectivity index (χ4v) is 2.31. The summed E-state index contributed by atoms with van der Waals surface area (Å²) in [4.78, 5) is 16.2. The number of aromatic hydroxyl groups is 2. The molecule has 0 aliphatic heterocycles. The molecule has 1 aromatic heterocycles. The zero-order valence-corrected chi connectivity index (χ0v) is 11.4. The van der Waals surface area contributed by atoms with E-state index in [0.717, 1.165) is 5.69 Å². The monoisotopic (exact) mass is 278 g/mol. The zero-order valence-electron chi connectivity index (χ0n) is 10.5. The summed E-state index contributed by atoms with van der Waals surface area (Å²) in [6.07, 6.45) is 0. The third-order valence-corrected chi connectivity index (χ3v) is 3.35. The highest BCUT2D eigenvalue weighted by Crippen LogP contribution is 2.26. The number of hydrogen-bond acceptors (Lipinski definition) is 5. The van der Waals surface area contributed by atoms with Crippen LogP contribution in [0.4, 0.5) is 5.13 Å². The van der Waals surface area contributed by atoms with Crippen molar-refractivity contribution in [3.63, 3.8) is 0 Å². The molecule has 0 unspecified atom stereocenters. The molecule has 0 bridgehead atoms. The Balaban J connectivity index is 2.13. The number of carbonyl (C=O) groups excluding carboxylic acids is 1. The molecule has 5 nitrogen and oxygen atoms in total. The molecule has 2 aromatic rings. The number of nitrogens with zero attached hydrogens (tertiary/aromatic N) is 1. The van der Waals surface area contributed by atoms with Gasteiger partial charge in [-0.2, -0.15) is 0 Å². The SMILES string of the molecule is CC(C)c1csc(NC(=O)c2ccc(O)c(O)c2)n1. The lowest BCUT2D eigenvalue weighted by atomic mass is 10.2. The van der Waals surface area contributed by atoms with Crippen LogP contribution in [0.25, 0.3) is 0 Å². The van der Waals surface area contributed by atoms with Gasteiger partial charge in [0.15, 0.2) is 16.6 Å². The molecule has 6 heteroatoms. The van der Waals surface area contributed by atoms with E-state index in [-0.39, 0.29) is 23.0 Å². The maximum Gasteiger partial charge on any atom is 0.257 e. The number of benzene rings is 1. The molecule has 0 aliphatic carbocycles. The van der Waals surface area contributed by atoms with Crippen LogP contribution in [0.1, 0.15) is 35.8 Å². The molecule has 100 valence electrons. The van der Waals surface area contributed by atoms with Crippen molar-refractivity contribution in [2.45, 2.75) is 19.8 Å². The van der Waals surface area contributed by atoms with Crippen molar-refractivity contribution in [3.8, 4) is 11.5 Å². The number of anilines is 1. The summed E-state index contributed by atoms with van der Waals surface area (Å²) < 4.78 is 0. The number of aromatic nitrogens is 1. The van der Waals surface area contributed by atoms with E-state index < -0.39 is 0 Å². The summed E-state index contributed by atoms with van der Waals surface area (Å²) in [6, 6.07) is 3.91. The maximum absolute atomic E-state index is 11.9. The largest absolute Gasteiger partial charge is 0.504 e. The van der Waals surface area contributed by atoms with E-state index in [1.807, 2.05) is 19.2 Å². The number of rotatable bonds is 3. The quantitative estimate of drug-likeness (QED) is 0.754. The first-order valence-electron chi connectivity index (χ1n) is 5.76. The first kappa shape index (κ1) is 13.4. The molecule has 0 radical (unpaired) electrons. The Bertz CT molecular complexity index is 608. The van der Waals surface area contributed by atoms with E-state index in [2.05, 4.69) is 10.3 Å². The second-order valence-corrected chi connectivity index (χ2v) is 5.25. The fraction of sp³-hybridized carbons (Fsp3) is 0.231. The lowest BCUT2D eigenvalue weighted by Gasteiger charge is -2.03. The van der Waals surface area contributed by atoms with Crippen molar-refractivity contribution in [2.24, 2.45) is 0 Å². The highest BCUT2D eigenvalue weighted by molar-refractivity contribution is 7.14. The Morgan fingerprint density at radius 2 is 2.05 bits per heavy atom. The van der Waals surface area contributed by atoms with Crippen LogP contribution in [0, 0.1) is 0 Å². The van der Waals surface area contributed by atoms with Gasteiger partial charge in [-0.3, -0.25) is 10.1 Å². The smallest absolute Gasteiger partial charge is 0.257 e. The predicted octanol–water partition coefficient (Wildman–Crippen LogP) is 2.93. The van der Waals surface area contributed by atoms with Crippen molar-refractivity contribution in [3.05, 3.63) is 34.8 Å². The van der Waals surface area contributed by atoms with Gasteiger partial charge < -0.3 is 10.2 Å². The van der Waals surface area contributed by atoms with Gasteiger partial charge in [0, 0.05) is 10.9 Å². The lowest BCUT2D eigenvalue weighted by molar-refractivity contribution is 0.102. The Kier molecular flexibility index (Phi) is 3.71. The van der Waals surface area contributed by atoms with Gasteiger partial charge in [-0.05, 0) is 24.1 Å². The van der Waals surface area contributed by atoms with E-state index in [0.29, 0.717) is 11.0 Å². The Morgan fingerprint density at radius 1 is 1.32 bits per heavy atom. The molecular weight excluding hydrogens is 264 g/mol. The molecule has 0 atom stereocenters. The fourth-order valence-electron chi connectivity index (χ4n) is 1.44. The summed E-state index contributed by atoms with van der Waals surface area (Å²) >= 11 is 1.35. The van der Waals surface area contributed by atoms with E-state index in [1.165, 1.54) is 29.5 Å². The van der Waals surface area contributed by atoms with Gasteiger partial charge in [0.25, 0.3) is 5.91 Å². The summed E-state index contributed by atoms with van der Waals surface area (Å²) in [5, 5.41) is 23.6. The average Bonchev–Trinajstić information content (AvgIpc) is 2.81. The van der Waals surface area contributed by atoms with Gasteiger partial charge in [-0.15, -0.1) is 11.3 Å². The third kappa shape index (κ3) is 3.03. The van der Waals surface area contributed by atoms with Gasteiger partial charge in [0.05, 0.1) is 5.69 Å². The molecule has 3 N–H and O–H groups in total. The minimum atomic E-state index is -0.375. The predicted molar refractivity (Wildman–Crippen MR) is 73.9 cm³/mol. The van der Waals surface area contributed by atoms with E-state index in [4.69, 9.17) is 0 Å². The second-order valence-electron chi connectivity index (χ2n) is 4.39. The molecule has 2 rings (SSSR count). The summed E-state index contributed by atoms with van der Waals surface area (Å²) in [7, 11) is 0. The van der Waals surface area contributed by atoms with E-state index in [1.54, 1.807) is 0 Å². The van der Waals surface area contributed by atoms with Crippen LogP contribution in [0.3, 0.4) is 0 Å². The number of carbonyl (C=O) groups is 1. The number of thiazole rings is 1. The Labute approximate surface area is 114 Å². The average molecular weight is 278 g/mol. The number of nitrogens with one attached hydrogen (secondary N) is 1. The highest BCUT2D eigenvalue weighted by atomic mass is 32.1. The van der Waals surface area contributed by atoms with Gasteiger partial charge in [-0.1, -0.05) is 13.8 Å². The van der Waals surface area contributed by atoms with Crippen LogP contribution >= 0.6 is 11.3 Å². The van der Waals surface area contributed by atoms with Crippen LogP contribution < -0.4 is 5.32 Å². The molecule has 19 heavy (non-hydrogen) atoms. The van der Waals surface area contributed by atoms with Crippen molar-refractivity contribution >= 4 is 22.4 Å². The molecule has 1 aromatic carbocycles. The normalized spacial score (nSPS) is 10.7. The third-order valence-electron chi connectivity index (χ3n) is 2.57. The van der Waals surface area contributed by atoms with Crippen molar-refractivity contribution < 1.29 is 15.0 Å². The molecule has 1 heterocycles. The van der Waals surface area contributed by atoms with Crippen LogP contribution in [-0.4, -0.2) is 21.1 Å². The second kappa shape index (κ2) is 5.27. The number of phenolic OH excluding ortho intramolecular Hbond substituents is 2. The van der Waals surface area contributed by atoms with Gasteiger partial charge in [0.2, 0.25) is 0 Å². The first-order chi connectivity index (χ1) is 8.97. The van der Waals surface area contributed by atoms with Gasteiger partial charge >= 0.3 is 0 Å². The summed E-state index contributed by atoms with van der Waals surface area (Å²) in [6.45, 7) is 4.05. The van der Waals surface area contributed by atoms with Crippen LogP contribution in [-0.2, 0) is 0 Å². The molecule has 1 amide bonds. The van der Waals surface area contributed by atoms with Crippen molar-refractivity contribution in [2.75, 3.05) is 5.32 Å². The summed E-state index contributed by atoms with van der Waals surface area (Å²) in [5.41, 5.74) is 1.19. The molecule has 0 aliphatic rings. The molecule has 0 spiro atoms. The zero-order chi connectivity index (χ0) is 14.0. The van der Waals surface area contributed by atoms with Gasteiger partial charge in [0.1, 0.15) is 0 Å². The minimum absolute atomic E-state index is 0.257. The van der Waals surface area contributed by atoms with E-state index >= 15 is 0 Å². The van der Waals surface area contributed by atoms with E-state index in [9.17, 15) is 15.0 Å². The Morgan fingerprint density at radius 3 is 2.63 bits per heavy atom. The van der Waals surface area contributed by atoms with Crippen LogP contribution in [0.5, 0.6) is 11.5 Å². The molecule has 0 saturated heterocycles. The first-order valence-corrected chi connectivity index (χ1v) is 6.64. The van der Waals surface area contributed by atoms with Crippen LogP contribution in [0.2, 0.25) is 0 Å². The van der Waals surface area contributed by atoms with Gasteiger partial charge in [-0.25, -0.2) is 4.98 Å². The summed E-state index contributed by atoms with van der Waals surface area (Å²) in [5.74, 6) is -0.651. The molecule has 0 fully saturated rings. The number of hydrogen-bond donors (Lipinski definition) is 3. The van der Waals surface area contributed by atoms with Crippen molar-refractivity contribution in [1.82, 2.24) is 4.98 Å². The highest BCUT2D eigenvalue weighted by Gasteiger charge is 2.12. The Hall–Kier alpha value is -2.08. The standard InChI is InChI=1S/C13H14N2O3S/c1-7(2)9-6-19-13(14-9)15-12(18)8-3-4-10(16)11(17)5-8/h3-7,16-17H,1-2H3,(H,14,15,18). The topological polar surface area (TPSA) is 82.5 Å². The molecular formula is C13H14N2O3S. The number of phenols is 2. The van der Waals surface area contributed by atoms with Crippen LogP contribution in [0.15, 0.2) is 23.6 Å². The lowest BCUT2D eigenvalue weighted by Crippen LogP contribution is -2.11.